The van der Waals surface area contributed by atoms with Crippen molar-refractivity contribution in [1.29, 1.82) is 0 Å². The molecule has 2 aliphatic heterocycles. The zero-order chi connectivity index (χ0) is 23.8. The van der Waals surface area contributed by atoms with Gasteiger partial charge in [0.1, 0.15) is 23.8 Å². The van der Waals surface area contributed by atoms with E-state index in [2.05, 4.69) is 4.98 Å². The summed E-state index contributed by atoms with van der Waals surface area (Å²) >= 11 is 0. The van der Waals surface area contributed by atoms with Crippen LogP contribution in [0, 0.1) is 5.82 Å². The molecule has 34 heavy (non-hydrogen) atoms. The van der Waals surface area contributed by atoms with Crippen molar-refractivity contribution < 1.29 is 28.2 Å². The topological polar surface area (TPSA) is 86.1 Å². The maximum atomic E-state index is 13.3. The smallest absolute Gasteiger partial charge is 0.225 e. The second kappa shape index (κ2) is 11.4. The fraction of sp³-hybridized carbons (Fsp3) is 0.542. The van der Waals surface area contributed by atoms with Gasteiger partial charge in [0.05, 0.1) is 39.1 Å². The number of benzene rings is 1. The van der Waals surface area contributed by atoms with E-state index >= 15 is 0 Å². The van der Waals surface area contributed by atoms with Crippen molar-refractivity contribution in [3.63, 3.8) is 0 Å². The van der Waals surface area contributed by atoms with E-state index in [-0.39, 0.29) is 37.2 Å². The summed E-state index contributed by atoms with van der Waals surface area (Å²) in [5.41, 5.74) is -0.984. The Morgan fingerprint density at radius 3 is 2.56 bits per heavy atom. The summed E-state index contributed by atoms with van der Waals surface area (Å²) in [6, 6.07) is 5.71. The number of hydrogen-bond donors (Lipinski definition) is 0. The molecule has 2 fully saturated rings. The third kappa shape index (κ3) is 6.54. The number of morpholine rings is 2. The number of carbonyl (C=O) groups excluding carboxylic acids is 2. The third-order valence-corrected chi connectivity index (χ3v) is 6.12. The number of imidazole rings is 1. The molecule has 0 bridgehead atoms. The molecule has 0 unspecified atom stereocenters. The molecule has 3 heterocycles. The van der Waals surface area contributed by atoms with Crippen LogP contribution >= 0.6 is 0 Å². The van der Waals surface area contributed by atoms with Gasteiger partial charge in [0.15, 0.2) is 0 Å². The van der Waals surface area contributed by atoms with Crippen molar-refractivity contribution >= 4 is 11.8 Å². The molecule has 1 aromatic heterocycles. The second-order valence-electron chi connectivity index (χ2n) is 8.66. The van der Waals surface area contributed by atoms with E-state index in [0.717, 1.165) is 0 Å². The molecule has 10 heteroatoms. The number of halogens is 1. The molecular weight excluding hydrogens is 443 g/mol. The number of nitrogens with zero attached hydrogens (tertiary/aromatic N) is 4. The third-order valence-electron chi connectivity index (χ3n) is 6.12. The van der Waals surface area contributed by atoms with Crippen LogP contribution in [0.2, 0.25) is 0 Å². The second-order valence-corrected chi connectivity index (χ2v) is 8.66. The van der Waals surface area contributed by atoms with Crippen molar-refractivity contribution in [1.82, 2.24) is 19.4 Å². The van der Waals surface area contributed by atoms with Crippen molar-refractivity contribution in [2.24, 2.45) is 0 Å². The van der Waals surface area contributed by atoms with Crippen molar-refractivity contribution in [3.8, 4) is 5.75 Å². The average Bonchev–Trinajstić information content (AvgIpc) is 3.38. The number of aryl methyl sites for hydroxylation is 1. The van der Waals surface area contributed by atoms with Crippen LogP contribution < -0.4 is 4.74 Å². The number of rotatable bonds is 9. The van der Waals surface area contributed by atoms with Gasteiger partial charge in [-0.2, -0.15) is 0 Å². The van der Waals surface area contributed by atoms with E-state index in [9.17, 15) is 14.0 Å². The minimum Gasteiger partial charge on any atom is -0.490 e. The summed E-state index contributed by atoms with van der Waals surface area (Å²) in [4.78, 5) is 33.6. The maximum Gasteiger partial charge on any atom is 0.225 e. The highest BCUT2D eigenvalue weighted by Crippen LogP contribution is 2.26. The lowest BCUT2D eigenvalue weighted by molar-refractivity contribution is -0.167. The first-order chi connectivity index (χ1) is 16.5. The number of aromatic nitrogens is 2. The molecule has 0 spiro atoms. The van der Waals surface area contributed by atoms with Gasteiger partial charge in [-0.05, 0) is 30.7 Å². The van der Waals surface area contributed by atoms with Gasteiger partial charge >= 0.3 is 0 Å². The van der Waals surface area contributed by atoms with Crippen molar-refractivity contribution in [3.05, 3.63) is 48.8 Å². The molecule has 2 aromatic rings. The average molecular weight is 475 g/mol. The fourth-order valence-corrected chi connectivity index (χ4v) is 4.24. The van der Waals surface area contributed by atoms with Crippen LogP contribution in [0.1, 0.15) is 19.3 Å². The van der Waals surface area contributed by atoms with Gasteiger partial charge in [0.2, 0.25) is 11.8 Å². The van der Waals surface area contributed by atoms with Gasteiger partial charge in [-0.25, -0.2) is 9.37 Å². The molecule has 2 saturated heterocycles. The molecule has 9 nitrogen and oxygen atoms in total. The molecule has 0 saturated carbocycles. The zero-order valence-corrected chi connectivity index (χ0v) is 19.2. The molecule has 2 aliphatic rings. The number of amides is 2. The molecule has 0 N–H and O–H groups in total. The maximum absolute atomic E-state index is 13.3. The van der Waals surface area contributed by atoms with Gasteiger partial charge in [-0.15, -0.1) is 0 Å². The van der Waals surface area contributed by atoms with Crippen LogP contribution in [-0.4, -0.2) is 89.4 Å². The largest absolute Gasteiger partial charge is 0.490 e. The van der Waals surface area contributed by atoms with Gasteiger partial charge < -0.3 is 28.6 Å². The Labute approximate surface area is 198 Å². The quantitative estimate of drug-likeness (QED) is 0.550. The molecule has 2 amide bonds. The lowest BCUT2D eigenvalue weighted by Crippen LogP contribution is -2.58. The van der Waals surface area contributed by atoms with E-state index in [1.165, 1.54) is 24.3 Å². The Kier molecular flexibility index (Phi) is 8.12. The van der Waals surface area contributed by atoms with Crippen molar-refractivity contribution in [2.45, 2.75) is 31.4 Å². The molecule has 1 aromatic carbocycles. The highest BCUT2D eigenvalue weighted by atomic mass is 19.1. The minimum absolute atomic E-state index is 0.0217. The Morgan fingerprint density at radius 1 is 1.06 bits per heavy atom. The summed E-state index contributed by atoms with van der Waals surface area (Å²) in [6.07, 6.45) is 6.49. The summed E-state index contributed by atoms with van der Waals surface area (Å²) in [5.74, 6) is 0.0896. The standard InChI is InChI=1S/C24H31FN4O5/c25-20-3-5-21(6-4-20)33-18-24(16-23(31)28-10-13-32-14-11-28)17-29(12-15-34-24)22(30)2-1-8-27-9-7-26-19-27/h3-7,9,19H,1-2,8,10-18H2/t24-/m1/s1. The van der Waals surface area contributed by atoms with Gasteiger partial charge in [0, 0.05) is 45.0 Å². The molecule has 184 valence electrons. The minimum atomic E-state index is -0.984. The first-order valence-corrected chi connectivity index (χ1v) is 11.6. The molecular formula is C24H31FN4O5. The Morgan fingerprint density at radius 2 is 1.82 bits per heavy atom. The summed E-state index contributed by atoms with van der Waals surface area (Å²) in [7, 11) is 0. The van der Waals surface area contributed by atoms with Crippen molar-refractivity contribution in [2.75, 3.05) is 52.6 Å². The first-order valence-electron chi connectivity index (χ1n) is 11.6. The van der Waals surface area contributed by atoms with Crippen LogP contribution in [0.15, 0.2) is 43.0 Å². The highest BCUT2D eigenvalue weighted by molar-refractivity contribution is 5.79. The lowest BCUT2D eigenvalue weighted by Gasteiger charge is -2.43. The van der Waals surface area contributed by atoms with Crippen LogP contribution in [0.25, 0.3) is 0 Å². The predicted molar refractivity (Wildman–Crippen MR) is 121 cm³/mol. The molecule has 1 atom stereocenters. The number of carbonyl (C=O) groups is 2. The summed E-state index contributed by atoms with van der Waals surface area (Å²) in [6.45, 7) is 3.91. The summed E-state index contributed by atoms with van der Waals surface area (Å²) in [5, 5.41) is 0. The van der Waals surface area contributed by atoms with E-state index in [1.807, 2.05) is 10.8 Å². The van der Waals surface area contributed by atoms with Gasteiger partial charge in [-0.1, -0.05) is 0 Å². The van der Waals surface area contributed by atoms with E-state index in [0.29, 0.717) is 64.6 Å². The highest BCUT2D eigenvalue weighted by Gasteiger charge is 2.42. The van der Waals surface area contributed by atoms with Crippen LogP contribution in [0.3, 0.4) is 0 Å². The monoisotopic (exact) mass is 474 g/mol. The van der Waals surface area contributed by atoms with Crippen LogP contribution in [0.5, 0.6) is 5.75 Å². The fourth-order valence-electron chi connectivity index (χ4n) is 4.24. The van der Waals surface area contributed by atoms with Gasteiger partial charge in [0.25, 0.3) is 0 Å². The van der Waals surface area contributed by atoms with Crippen LogP contribution in [0.4, 0.5) is 4.39 Å². The summed E-state index contributed by atoms with van der Waals surface area (Å²) < 4.78 is 32.6. The zero-order valence-electron chi connectivity index (χ0n) is 19.2. The Bertz CT molecular complexity index is 933. The molecule has 4 rings (SSSR count). The molecule has 0 radical (unpaired) electrons. The van der Waals surface area contributed by atoms with E-state index in [4.69, 9.17) is 14.2 Å². The molecule has 0 aliphatic carbocycles. The normalized spacial score (nSPS) is 20.9. The van der Waals surface area contributed by atoms with E-state index in [1.54, 1.807) is 22.3 Å². The number of ether oxygens (including phenoxy) is 3. The Hall–Kier alpha value is -2.98. The number of hydrogen-bond acceptors (Lipinski definition) is 6. The van der Waals surface area contributed by atoms with E-state index < -0.39 is 5.60 Å². The lowest BCUT2D eigenvalue weighted by atomic mass is 9.96. The predicted octanol–water partition coefficient (Wildman–Crippen LogP) is 1.73. The SMILES string of the molecule is O=C(C[C@]1(COc2ccc(F)cc2)CN(C(=O)CCCn2ccnc2)CCO1)N1CCOCC1. The van der Waals surface area contributed by atoms with Gasteiger partial charge in [-0.3, -0.25) is 9.59 Å². The van der Waals surface area contributed by atoms with Crippen LogP contribution in [-0.2, 0) is 25.6 Å². The Balaban J connectivity index is 1.41. The first kappa shape index (κ1) is 24.2.